The Bertz CT molecular complexity index is 1080. The summed E-state index contributed by atoms with van der Waals surface area (Å²) >= 11 is 0. The molecule has 1 aliphatic rings. The van der Waals surface area contributed by atoms with Crippen LogP contribution in [-0.4, -0.2) is 56.0 Å². The van der Waals surface area contributed by atoms with Gasteiger partial charge in [-0.15, -0.1) is 0 Å². The highest BCUT2D eigenvalue weighted by molar-refractivity contribution is 6.08. The van der Waals surface area contributed by atoms with Gasteiger partial charge in [0.05, 0.1) is 19.3 Å². The van der Waals surface area contributed by atoms with Gasteiger partial charge in [0.15, 0.2) is 12.4 Å². The fourth-order valence-corrected chi connectivity index (χ4v) is 3.90. The van der Waals surface area contributed by atoms with Crippen LogP contribution in [0.3, 0.4) is 0 Å². The second-order valence-electron chi connectivity index (χ2n) is 8.03. The quantitative estimate of drug-likeness (QED) is 0.492. The number of halogens is 1. The zero-order valence-electron chi connectivity index (χ0n) is 18.8. The number of ether oxygens (including phenoxy) is 2. The van der Waals surface area contributed by atoms with E-state index in [1.165, 1.54) is 12.1 Å². The topological polar surface area (TPSA) is 67.9 Å². The Morgan fingerprint density at radius 2 is 1.56 bits per heavy atom. The lowest BCUT2D eigenvalue weighted by Gasteiger charge is -2.35. The number of carbonyl (C=O) groups excluding carboxylic acids is 2. The summed E-state index contributed by atoms with van der Waals surface area (Å²) in [5.74, 6) is -0.119. The van der Waals surface area contributed by atoms with E-state index in [4.69, 9.17) is 9.47 Å². The lowest BCUT2D eigenvalue weighted by Crippen LogP contribution is -2.44. The van der Waals surface area contributed by atoms with Crippen LogP contribution in [-0.2, 0) is 9.53 Å². The Balaban J connectivity index is 1.31. The first-order valence-corrected chi connectivity index (χ1v) is 11.3. The molecule has 4 rings (SSSR count). The Hall–Kier alpha value is -3.55. The van der Waals surface area contributed by atoms with Crippen molar-refractivity contribution < 1.29 is 23.5 Å². The van der Waals surface area contributed by atoms with Crippen LogP contribution in [0.5, 0.6) is 5.75 Å². The van der Waals surface area contributed by atoms with Gasteiger partial charge in [-0.3, -0.25) is 14.5 Å². The lowest BCUT2D eigenvalue weighted by molar-refractivity contribution is -0.123. The molecule has 1 fully saturated rings. The SMILES string of the molecule is O=C(COc1ccc(C(=O)c2ccccc2)cc1)NCC(c1ccc(F)cc1)N1CCOCC1. The summed E-state index contributed by atoms with van der Waals surface area (Å²) in [7, 11) is 0. The Morgan fingerprint density at radius 1 is 0.912 bits per heavy atom. The van der Waals surface area contributed by atoms with E-state index in [0.717, 1.165) is 18.7 Å². The van der Waals surface area contributed by atoms with E-state index < -0.39 is 0 Å². The third-order valence-electron chi connectivity index (χ3n) is 5.76. The fraction of sp³-hybridized carbons (Fsp3) is 0.259. The van der Waals surface area contributed by atoms with Crippen molar-refractivity contribution in [3.8, 4) is 5.75 Å². The molecule has 0 aromatic heterocycles. The molecule has 1 N–H and O–H groups in total. The number of hydrogen-bond donors (Lipinski definition) is 1. The lowest BCUT2D eigenvalue weighted by atomic mass is 10.0. The fourth-order valence-electron chi connectivity index (χ4n) is 3.90. The van der Waals surface area contributed by atoms with Crippen LogP contribution in [0.1, 0.15) is 27.5 Å². The number of benzene rings is 3. The number of rotatable bonds is 9. The van der Waals surface area contributed by atoms with Crippen LogP contribution in [0.2, 0.25) is 0 Å². The number of hydrogen-bond acceptors (Lipinski definition) is 5. The highest BCUT2D eigenvalue weighted by Crippen LogP contribution is 2.22. The highest BCUT2D eigenvalue weighted by atomic mass is 19.1. The maximum absolute atomic E-state index is 13.4. The summed E-state index contributed by atoms with van der Waals surface area (Å²) in [6.07, 6.45) is 0. The summed E-state index contributed by atoms with van der Waals surface area (Å²) in [6, 6.07) is 22.0. The Morgan fingerprint density at radius 3 is 2.24 bits per heavy atom. The highest BCUT2D eigenvalue weighted by Gasteiger charge is 2.23. The molecule has 1 aliphatic heterocycles. The van der Waals surface area contributed by atoms with Crippen molar-refractivity contribution >= 4 is 11.7 Å². The second-order valence-corrected chi connectivity index (χ2v) is 8.03. The van der Waals surface area contributed by atoms with Gasteiger partial charge in [-0.2, -0.15) is 0 Å². The largest absolute Gasteiger partial charge is 0.484 e. The van der Waals surface area contributed by atoms with Crippen LogP contribution in [0.25, 0.3) is 0 Å². The third-order valence-corrected chi connectivity index (χ3v) is 5.76. The normalized spacial score (nSPS) is 14.9. The predicted octanol–water partition coefficient (Wildman–Crippen LogP) is 3.63. The number of nitrogens with zero attached hydrogens (tertiary/aromatic N) is 1. The molecule has 0 bridgehead atoms. The van der Waals surface area contributed by atoms with Crippen LogP contribution in [0.15, 0.2) is 78.9 Å². The van der Waals surface area contributed by atoms with E-state index in [1.807, 2.05) is 18.2 Å². The molecular formula is C27H27FN2O4. The van der Waals surface area contributed by atoms with Gasteiger partial charge in [0, 0.05) is 30.8 Å². The Kier molecular flexibility index (Phi) is 8.01. The molecule has 6 nitrogen and oxygen atoms in total. The number of nitrogens with one attached hydrogen (secondary N) is 1. The maximum Gasteiger partial charge on any atom is 0.258 e. The number of amides is 1. The van der Waals surface area contributed by atoms with Gasteiger partial charge in [0.2, 0.25) is 0 Å². The van der Waals surface area contributed by atoms with E-state index >= 15 is 0 Å². The summed E-state index contributed by atoms with van der Waals surface area (Å²) < 4.78 is 24.4. The molecule has 3 aromatic carbocycles. The van der Waals surface area contributed by atoms with Crippen molar-refractivity contribution in [1.29, 1.82) is 0 Å². The molecule has 1 amide bonds. The number of morpholine rings is 1. The Labute approximate surface area is 198 Å². The van der Waals surface area contributed by atoms with Crippen molar-refractivity contribution in [2.75, 3.05) is 39.5 Å². The molecule has 1 unspecified atom stereocenters. The smallest absolute Gasteiger partial charge is 0.258 e. The second kappa shape index (κ2) is 11.5. The molecule has 1 atom stereocenters. The van der Waals surface area contributed by atoms with Gasteiger partial charge < -0.3 is 14.8 Å². The first-order valence-electron chi connectivity index (χ1n) is 11.3. The molecule has 176 valence electrons. The number of carbonyl (C=O) groups is 2. The van der Waals surface area contributed by atoms with E-state index in [9.17, 15) is 14.0 Å². The molecule has 3 aromatic rings. The zero-order valence-corrected chi connectivity index (χ0v) is 18.8. The summed E-state index contributed by atoms with van der Waals surface area (Å²) in [5.41, 5.74) is 2.10. The van der Waals surface area contributed by atoms with Gasteiger partial charge in [-0.1, -0.05) is 42.5 Å². The first kappa shape index (κ1) is 23.6. The first-order chi connectivity index (χ1) is 16.6. The molecule has 0 radical (unpaired) electrons. The third kappa shape index (κ3) is 6.27. The maximum atomic E-state index is 13.4. The van der Waals surface area contributed by atoms with E-state index in [1.54, 1.807) is 48.5 Å². The monoisotopic (exact) mass is 462 g/mol. The van der Waals surface area contributed by atoms with E-state index in [0.29, 0.717) is 36.6 Å². The molecule has 0 aliphatic carbocycles. The standard InChI is InChI=1S/C27H27FN2O4/c28-23-10-6-20(7-11-23)25(30-14-16-33-17-15-30)18-29-26(31)19-34-24-12-8-22(9-13-24)27(32)21-4-2-1-3-5-21/h1-13,25H,14-19H2,(H,29,31). The molecule has 7 heteroatoms. The van der Waals surface area contributed by atoms with Gasteiger partial charge in [-0.25, -0.2) is 4.39 Å². The molecule has 1 heterocycles. The average Bonchev–Trinajstić information content (AvgIpc) is 2.89. The number of ketones is 1. The van der Waals surface area contributed by atoms with Gasteiger partial charge >= 0.3 is 0 Å². The van der Waals surface area contributed by atoms with Crippen LogP contribution >= 0.6 is 0 Å². The zero-order chi connectivity index (χ0) is 23.8. The molecule has 1 saturated heterocycles. The van der Waals surface area contributed by atoms with Gasteiger partial charge in [-0.05, 0) is 42.0 Å². The minimum Gasteiger partial charge on any atom is -0.484 e. The van der Waals surface area contributed by atoms with Crippen molar-refractivity contribution in [2.45, 2.75) is 6.04 Å². The summed E-state index contributed by atoms with van der Waals surface area (Å²) in [4.78, 5) is 27.2. The minimum absolute atomic E-state index is 0.0696. The van der Waals surface area contributed by atoms with Gasteiger partial charge in [0.25, 0.3) is 5.91 Å². The molecular weight excluding hydrogens is 435 g/mol. The minimum atomic E-state index is -0.293. The van der Waals surface area contributed by atoms with Crippen molar-refractivity contribution in [3.05, 3.63) is 101 Å². The van der Waals surface area contributed by atoms with Crippen LogP contribution < -0.4 is 10.1 Å². The van der Waals surface area contributed by atoms with E-state index in [2.05, 4.69) is 10.2 Å². The van der Waals surface area contributed by atoms with Crippen molar-refractivity contribution in [3.63, 3.8) is 0 Å². The van der Waals surface area contributed by atoms with Crippen molar-refractivity contribution in [1.82, 2.24) is 10.2 Å². The van der Waals surface area contributed by atoms with Crippen LogP contribution in [0.4, 0.5) is 4.39 Å². The molecule has 0 saturated carbocycles. The average molecular weight is 463 g/mol. The van der Waals surface area contributed by atoms with Gasteiger partial charge in [0.1, 0.15) is 11.6 Å². The molecule has 0 spiro atoms. The summed E-state index contributed by atoms with van der Waals surface area (Å²) in [6.45, 7) is 2.95. The van der Waals surface area contributed by atoms with E-state index in [-0.39, 0.29) is 30.2 Å². The summed E-state index contributed by atoms with van der Waals surface area (Å²) in [5, 5.41) is 2.92. The van der Waals surface area contributed by atoms with Crippen LogP contribution in [0, 0.1) is 5.82 Å². The predicted molar refractivity (Wildman–Crippen MR) is 126 cm³/mol. The molecule has 34 heavy (non-hydrogen) atoms. The van der Waals surface area contributed by atoms with Crippen molar-refractivity contribution in [2.24, 2.45) is 0 Å².